The number of furan rings is 2. The molecule has 0 saturated heterocycles. The van der Waals surface area contributed by atoms with Gasteiger partial charge in [0.05, 0.1) is 5.69 Å². The molecule has 9 aromatic rings. The van der Waals surface area contributed by atoms with Gasteiger partial charge in [-0.1, -0.05) is 154 Å². The molecule has 3 nitrogen and oxygen atoms in total. The summed E-state index contributed by atoms with van der Waals surface area (Å²) in [7, 11) is 0. The maximum atomic E-state index is 6.74. The lowest BCUT2D eigenvalue weighted by Crippen LogP contribution is -2.64. The molecule has 2 aliphatic rings. The molecule has 7 aromatic carbocycles. The third-order valence-electron chi connectivity index (χ3n) is 14.0. The number of nitrogens with zero attached hydrogens (tertiary/aromatic N) is 1. The second-order valence-corrected chi connectivity index (χ2v) is 21.4. The molecule has 4 heteroatoms. The van der Waals surface area contributed by atoms with Gasteiger partial charge in [0.25, 0.3) is 0 Å². The molecule has 2 aliphatic heterocycles. The molecule has 0 spiro atoms. The molecular weight excluding hydrogens is 741 g/mol. The standard InChI is InChI=1S/C57H54BNO2/c1-54(2,3)34-22-20-33(21-23-34)39-26-35(55(4,5)6)24-25-46(39)59-47-30-41-38-17-13-15-19-50(38)61-52(41)32-45(47)58-44-31-51-40(37-16-12-14-18-49(37)60-51)29-42(44)57(10,11)43-27-36(56(7,8)9)28-48(59)53(43)58/h12-32H,1-11H3. The third-order valence-corrected chi connectivity index (χ3v) is 14.0. The van der Waals surface area contributed by atoms with Crippen LogP contribution >= 0.6 is 0 Å². The summed E-state index contributed by atoms with van der Waals surface area (Å²) in [5.74, 6) is 0. The Morgan fingerprint density at radius 2 is 1.00 bits per heavy atom. The van der Waals surface area contributed by atoms with Crippen molar-refractivity contribution in [2.24, 2.45) is 0 Å². The molecular formula is C57H54BNO2. The van der Waals surface area contributed by atoms with Crippen molar-refractivity contribution in [3.63, 3.8) is 0 Å². The van der Waals surface area contributed by atoms with Gasteiger partial charge in [-0.15, -0.1) is 0 Å². The third kappa shape index (κ3) is 5.63. The van der Waals surface area contributed by atoms with E-state index >= 15 is 0 Å². The van der Waals surface area contributed by atoms with E-state index in [-0.39, 0.29) is 28.4 Å². The van der Waals surface area contributed by atoms with Gasteiger partial charge in [-0.2, -0.15) is 0 Å². The van der Waals surface area contributed by atoms with E-state index in [4.69, 9.17) is 8.83 Å². The van der Waals surface area contributed by atoms with Crippen molar-refractivity contribution in [3.8, 4) is 11.1 Å². The van der Waals surface area contributed by atoms with Crippen molar-refractivity contribution in [1.82, 2.24) is 0 Å². The van der Waals surface area contributed by atoms with Gasteiger partial charge in [0.1, 0.15) is 22.3 Å². The van der Waals surface area contributed by atoms with Crippen LogP contribution in [0.5, 0.6) is 0 Å². The molecule has 11 rings (SSSR count). The molecule has 61 heavy (non-hydrogen) atoms. The minimum Gasteiger partial charge on any atom is -0.456 e. The van der Waals surface area contributed by atoms with Crippen LogP contribution in [0.15, 0.2) is 136 Å². The van der Waals surface area contributed by atoms with Crippen molar-refractivity contribution in [3.05, 3.63) is 155 Å². The maximum Gasteiger partial charge on any atom is 0.247 e. The average Bonchev–Trinajstić information content (AvgIpc) is 3.77. The first kappa shape index (κ1) is 38.0. The summed E-state index contributed by atoms with van der Waals surface area (Å²) in [5, 5.41) is 4.59. The first-order chi connectivity index (χ1) is 28.9. The Kier molecular flexibility index (Phi) is 7.80. The summed E-state index contributed by atoms with van der Waals surface area (Å²) in [6, 6.07) is 48.1. The molecule has 0 aliphatic carbocycles. The van der Waals surface area contributed by atoms with Crippen LogP contribution in [0, 0.1) is 0 Å². The lowest BCUT2D eigenvalue weighted by molar-refractivity contribution is 0.583. The molecule has 0 fully saturated rings. The van der Waals surface area contributed by atoms with Gasteiger partial charge < -0.3 is 13.7 Å². The summed E-state index contributed by atoms with van der Waals surface area (Å²) in [6.45, 7) is 25.7. The first-order valence-corrected chi connectivity index (χ1v) is 22.0. The van der Waals surface area contributed by atoms with Crippen LogP contribution in [0.4, 0.5) is 17.1 Å². The Bertz CT molecular complexity index is 3280. The van der Waals surface area contributed by atoms with Crippen LogP contribution in [-0.2, 0) is 21.7 Å². The van der Waals surface area contributed by atoms with E-state index in [1.165, 1.54) is 77.8 Å². The fraction of sp³-hybridized carbons (Fsp3) is 0.263. The molecule has 0 saturated carbocycles. The molecule has 0 amide bonds. The Hall–Kier alpha value is -6.00. The van der Waals surface area contributed by atoms with Crippen LogP contribution in [0.1, 0.15) is 104 Å². The predicted octanol–water partition coefficient (Wildman–Crippen LogP) is 14.0. The molecule has 4 heterocycles. The Morgan fingerprint density at radius 3 is 1.61 bits per heavy atom. The molecule has 0 atom stereocenters. The smallest absolute Gasteiger partial charge is 0.247 e. The summed E-state index contributed by atoms with van der Waals surface area (Å²) >= 11 is 0. The highest BCUT2D eigenvalue weighted by Gasteiger charge is 2.48. The zero-order valence-electron chi connectivity index (χ0n) is 37.5. The lowest BCUT2D eigenvalue weighted by Gasteiger charge is -2.46. The highest BCUT2D eigenvalue weighted by molar-refractivity contribution is 6.99. The summed E-state index contributed by atoms with van der Waals surface area (Å²) in [5.41, 5.74) is 19.9. The van der Waals surface area contributed by atoms with Gasteiger partial charge in [-0.25, -0.2) is 0 Å². The SMILES string of the molecule is CC(C)(C)c1ccc(-c2cc(C(C)(C)C)ccc2N2c3cc4c(cc3B3c5cc6oc7ccccc7c6cc5C(C)(C)c5cc(C(C)(C)C)cc2c53)oc2ccccc24)cc1. The number of anilines is 3. The van der Waals surface area contributed by atoms with Gasteiger partial charge in [-0.3, -0.25) is 0 Å². The van der Waals surface area contributed by atoms with Gasteiger partial charge in [0.15, 0.2) is 0 Å². The lowest BCUT2D eigenvalue weighted by atomic mass is 9.30. The van der Waals surface area contributed by atoms with Crippen LogP contribution in [0.2, 0.25) is 0 Å². The highest BCUT2D eigenvalue weighted by Crippen LogP contribution is 2.49. The fourth-order valence-electron chi connectivity index (χ4n) is 10.4. The normalized spacial score (nSPS) is 14.9. The monoisotopic (exact) mass is 795 g/mol. The van der Waals surface area contributed by atoms with Crippen molar-refractivity contribution in [2.75, 3.05) is 4.90 Å². The summed E-state index contributed by atoms with van der Waals surface area (Å²) < 4.78 is 13.4. The topological polar surface area (TPSA) is 29.5 Å². The van der Waals surface area contributed by atoms with Crippen molar-refractivity contribution in [2.45, 2.75) is 97.8 Å². The van der Waals surface area contributed by atoms with Gasteiger partial charge in [0.2, 0.25) is 6.71 Å². The Labute approximate surface area is 360 Å². The molecule has 2 aromatic heterocycles. The number of rotatable bonds is 2. The largest absolute Gasteiger partial charge is 0.456 e. The fourth-order valence-corrected chi connectivity index (χ4v) is 10.4. The van der Waals surface area contributed by atoms with Crippen molar-refractivity contribution in [1.29, 1.82) is 0 Å². The van der Waals surface area contributed by atoms with E-state index < -0.39 is 0 Å². The molecule has 302 valence electrons. The van der Waals surface area contributed by atoms with Crippen LogP contribution < -0.4 is 21.3 Å². The highest BCUT2D eigenvalue weighted by atomic mass is 16.3. The van der Waals surface area contributed by atoms with E-state index in [0.717, 1.165) is 38.5 Å². The zero-order chi connectivity index (χ0) is 42.5. The maximum absolute atomic E-state index is 6.74. The summed E-state index contributed by atoms with van der Waals surface area (Å²) in [6.07, 6.45) is 0. The van der Waals surface area contributed by atoms with Gasteiger partial charge in [0, 0.05) is 43.9 Å². The molecule has 0 N–H and O–H groups in total. The zero-order valence-corrected chi connectivity index (χ0v) is 37.5. The van der Waals surface area contributed by atoms with Gasteiger partial charge >= 0.3 is 0 Å². The molecule has 0 radical (unpaired) electrons. The van der Waals surface area contributed by atoms with Crippen molar-refractivity contribution >= 4 is 84.0 Å². The van der Waals surface area contributed by atoms with E-state index in [2.05, 4.69) is 208 Å². The Balaban J connectivity index is 1.28. The number of benzene rings is 7. The number of fused-ring (bicyclic) bond motifs is 10. The Morgan fingerprint density at radius 1 is 0.443 bits per heavy atom. The number of hydrogen-bond donors (Lipinski definition) is 0. The number of hydrogen-bond acceptors (Lipinski definition) is 3. The summed E-state index contributed by atoms with van der Waals surface area (Å²) in [4.78, 5) is 2.61. The molecule has 0 bridgehead atoms. The minimum atomic E-state index is -0.307. The average molecular weight is 796 g/mol. The van der Waals surface area contributed by atoms with E-state index in [1.54, 1.807) is 0 Å². The first-order valence-electron chi connectivity index (χ1n) is 22.0. The second kappa shape index (κ2) is 12.5. The van der Waals surface area contributed by atoms with Crippen LogP contribution in [-0.4, -0.2) is 6.71 Å². The van der Waals surface area contributed by atoms with Gasteiger partial charge in [-0.05, 0) is 115 Å². The van der Waals surface area contributed by atoms with E-state index in [9.17, 15) is 0 Å². The second-order valence-electron chi connectivity index (χ2n) is 21.4. The van der Waals surface area contributed by atoms with Crippen molar-refractivity contribution < 1.29 is 8.83 Å². The predicted molar refractivity (Wildman–Crippen MR) is 260 cm³/mol. The minimum absolute atomic E-state index is 0.0353. The van der Waals surface area contributed by atoms with Crippen LogP contribution in [0.3, 0.4) is 0 Å². The molecule has 0 unspecified atom stereocenters. The van der Waals surface area contributed by atoms with Crippen LogP contribution in [0.25, 0.3) is 55.0 Å². The quantitative estimate of drug-likeness (QED) is 0.163. The van der Waals surface area contributed by atoms with E-state index in [1.807, 2.05) is 0 Å². The van der Waals surface area contributed by atoms with E-state index in [0.29, 0.717) is 0 Å². The number of para-hydroxylation sites is 2.